The number of nitrogens with zero attached hydrogens (tertiary/aromatic N) is 5. The first-order valence-corrected chi connectivity index (χ1v) is 6.80. The smallest absolute Gasteiger partial charge is 0.299 e. The summed E-state index contributed by atoms with van der Waals surface area (Å²) in [5.74, 6) is 1.45. The Balaban J connectivity index is 1.97. The Kier molecular flexibility index (Phi) is 3.27. The number of hydrogen-bond acceptors (Lipinski definition) is 4. The molecule has 0 aliphatic carbocycles. The van der Waals surface area contributed by atoms with Gasteiger partial charge in [-0.2, -0.15) is 4.52 Å². The molecule has 0 bridgehead atoms. The van der Waals surface area contributed by atoms with Crippen LogP contribution in [0.25, 0.3) is 5.65 Å². The second-order valence-electron chi connectivity index (χ2n) is 5.67. The van der Waals surface area contributed by atoms with E-state index in [4.69, 9.17) is 0 Å². The number of halogens is 2. The van der Waals surface area contributed by atoms with Crippen molar-refractivity contribution in [2.45, 2.75) is 26.7 Å². The van der Waals surface area contributed by atoms with Crippen molar-refractivity contribution in [3.8, 4) is 0 Å². The van der Waals surface area contributed by atoms with E-state index in [1.165, 1.54) is 6.42 Å². The van der Waals surface area contributed by atoms with Crippen LogP contribution in [0, 0.1) is 11.8 Å². The molecular weight excluding hydrogens is 264 g/mol. The molecule has 1 aliphatic rings. The molecule has 1 aliphatic heterocycles. The highest BCUT2D eigenvalue weighted by Crippen LogP contribution is 2.25. The topological polar surface area (TPSA) is 46.3 Å². The lowest BCUT2D eigenvalue weighted by Crippen LogP contribution is -2.39. The first-order valence-electron chi connectivity index (χ1n) is 6.80. The molecule has 7 heteroatoms. The van der Waals surface area contributed by atoms with Gasteiger partial charge < -0.3 is 4.90 Å². The summed E-state index contributed by atoms with van der Waals surface area (Å²) < 4.78 is 26.8. The lowest BCUT2D eigenvalue weighted by atomic mass is 9.92. The molecule has 3 rings (SSSR count). The maximum Gasteiger partial charge on any atom is 0.299 e. The van der Waals surface area contributed by atoms with E-state index in [9.17, 15) is 8.78 Å². The van der Waals surface area contributed by atoms with E-state index in [1.54, 1.807) is 6.07 Å². The minimum atomic E-state index is -2.67. The van der Waals surface area contributed by atoms with Gasteiger partial charge in [0.25, 0.3) is 6.43 Å². The van der Waals surface area contributed by atoms with E-state index in [0.717, 1.165) is 17.6 Å². The second-order valence-corrected chi connectivity index (χ2v) is 5.67. The molecular formula is C13H17F2N5. The van der Waals surface area contributed by atoms with Gasteiger partial charge >= 0.3 is 0 Å². The first-order chi connectivity index (χ1) is 9.54. The third-order valence-corrected chi connectivity index (χ3v) is 3.66. The van der Waals surface area contributed by atoms with Crippen molar-refractivity contribution in [1.82, 2.24) is 19.8 Å². The molecule has 20 heavy (non-hydrogen) atoms. The van der Waals surface area contributed by atoms with Crippen LogP contribution >= 0.6 is 0 Å². The van der Waals surface area contributed by atoms with Gasteiger partial charge in [0, 0.05) is 13.1 Å². The van der Waals surface area contributed by atoms with E-state index in [1.807, 2.05) is 6.07 Å². The van der Waals surface area contributed by atoms with Crippen LogP contribution in [0.4, 0.5) is 14.6 Å². The SMILES string of the molecule is CC1CC(C)CN(c2ccc3nnc(C(F)F)n3n2)C1. The maximum absolute atomic E-state index is 12.9. The summed E-state index contributed by atoms with van der Waals surface area (Å²) in [5, 5.41) is 11.5. The van der Waals surface area contributed by atoms with Crippen LogP contribution in [0.5, 0.6) is 0 Å². The van der Waals surface area contributed by atoms with Crippen molar-refractivity contribution >= 4 is 11.5 Å². The molecule has 5 nitrogen and oxygen atoms in total. The number of fused-ring (bicyclic) bond motifs is 1. The molecule has 2 unspecified atom stereocenters. The Morgan fingerprint density at radius 3 is 2.50 bits per heavy atom. The summed E-state index contributed by atoms with van der Waals surface area (Å²) in [6.45, 7) is 6.19. The van der Waals surface area contributed by atoms with Gasteiger partial charge in [0.05, 0.1) is 0 Å². The van der Waals surface area contributed by atoms with E-state index in [2.05, 4.69) is 34.0 Å². The van der Waals surface area contributed by atoms with Gasteiger partial charge in [0.1, 0.15) is 5.82 Å². The molecule has 3 heterocycles. The molecule has 2 atom stereocenters. The van der Waals surface area contributed by atoms with Crippen LogP contribution in [0.2, 0.25) is 0 Å². The minimum Gasteiger partial charge on any atom is -0.355 e. The van der Waals surface area contributed by atoms with Gasteiger partial charge in [0.2, 0.25) is 5.82 Å². The fraction of sp³-hybridized carbons (Fsp3) is 0.615. The highest BCUT2D eigenvalue weighted by Gasteiger charge is 2.24. The quantitative estimate of drug-likeness (QED) is 0.848. The van der Waals surface area contributed by atoms with Crippen LogP contribution in [0.3, 0.4) is 0 Å². The summed E-state index contributed by atoms with van der Waals surface area (Å²) in [4.78, 5) is 2.15. The van der Waals surface area contributed by atoms with E-state index in [0.29, 0.717) is 23.3 Å². The molecule has 2 aromatic heterocycles. The molecule has 0 radical (unpaired) electrons. The standard InChI is InChI=1S/C13H17F2N5/c1-8-5-9(2)7-19(6-8)11-4-3-10-16-17-13(12(14)15)20(10)18-11/h3-4,8-9,12H,5-7H2,1-2H3. The number of rotatable bonds is 2. The van der Waals surface area contributed by atoms with Crippen molar-refractivity contribution in [2.75, 3.05) is 18.0 Å². The first kappa shape index (κ1) is 13.2. The van der Waals surface area contributed by atoms with Gasteiger partial charge in [-0.3, -0.25) is 0 Å². The molecule has 0 saturated carbocycles. The zero-order chi connectivity index (χ0) is 14.3. The lowest BCUT2D eigenvalue weighted by molar-refractivity contribution is 0.137. The molecule has 0 N–H and O–H groups in total. The monoisotopic (exact) mass is 281 g/mol. The number of hydrogen-bond donors (Lipinski definition) is 0. The minimum absolute atomic E-state index is 0.349. The van der Waals surface area contributed by atoms with Crippen LogP contribution in [0.15, 0.2) is 12.1 Å². The Bertz CT molecular complexity index is 602. The predicted molar refractivity (Wildman–Crippen MR) is 70.9 cm³/mol. The second kappa shape index (κ2) is 4.96. The molecule has 1 saturated heterocycles. The van der Waals surface area contributed by atoms with Gasteiger partial charge in [-0.05, 0) is 30.4 Å². The number of piperidine rings is 1. The van der Waals surface area contributed by atoms with Gasteiger partial charge in [-0.25, -0.2) is 8.78 Å². The molecule has 1 fully saturated rings. The number of alkyl halides is 2. The van der Waals surface area contributed by atoms with Crippen LogP contribution < -0.4 is 4.90 Å². The fourth-order valence-electron chi connectivity index (χ4n) is 2.95. The zero-order valence-corrected chi connectivity index (χ0v) is 11.5. The third kappa shape index (κ3) is 2.32. The van der Waals surface area contributed by atoms with Crippen molar-refractivity contribution in [3.05, 3.63) is 18.0 Å². The number of aromatic nitrogens is 4. The van der Waals surface area contributed by atoms with Gasteiger partial charge in [-0.15, -0.1) is 15.3 Å². The zero-order valence-electron chi connectivity index (χ0n) is 11.5. The average molecular weight is 281 g/mol. The van der Waals surface area contributed by atoms with Crippen molar-refractivity contribution in [3.63, 3.8) is 0 Å². The van der Waals surface area contributed by atoms with E-state index >= 15 is 0 Å². The summed E-state index contributed by atoms with van der Waals surface area (Å²) in [6.07, 6.45) is -1.49. The molecule has 108 valence electrons. The number of anilines is 1. The van der Waals surface area contributed by atoms with Gasteiger partial charge in [0.15, 0.2) is 5.65 Å². The molecule has 0 aromatic carbocycles. The van der Waals surface area contributed by atoms with Crippen molar-refractivity contribution < 1.29 is 8.78 Å². The van der Waals surface area contributed by atoms with Crippen molar-refractivity contribution in [1.29, 1.82) is 0 Å². The fourth-order valence-corrected chi connectivity index (χ4v) is 2.95. The van der Waals surface area contributed by atoms with Crippen LogP contribution in [-0.2, 0) is 0 Å². The molecule has 0 spiro atoms. The summed E-state index contributed by atoms with van der Waals surface area (Å²) in [7, 11) is 0. The predicted octanol–water partition coefficient (Wildman–Crippen LogP) is 2.54. The highest BCUT2D eigenvalue weighted by molar-refractivity contribution is 5.46. The Hall–Kier alpha value is -1.79. The Morgan fingerprint density at radius 2 is 1.85 bits per heavy atom. The van der Waals surface area contributed by atoms with Crippen LogP contribution in [0.1, 0.15) is 32.5 Å². The molecule has 0 amide bonds. The Labute approximate surface area is 115 Å². The largest absolute Gasteiger partial charge is 0.355 e. The van der Waals surface area contributed by atoms with Crippen LogP contribution in [-0.4, -0.2) is 32.9 Å². The molecule has 2 aromatic rings. The summed E-state index contributed by atoms with van der Waals surface area (Å²) in [6, 6.07) is 3.51. The maximum atomic E-state index is 12.9. The average Bonchev–Trinajstić information content (AvgIpc) is 2.80. The van der Waals surface area contributed by atoms with E-state index < -0.39 is 12.2 Å². The lowest BCUT2D eigenvalue weighted by Gasteiger charge is -2.35. The van der Waals surface area contributed by atoms with E-state index in [-0.39, 0.29) is 0 Å². The highest BCUT2D eigenvalue weighted by atomic mass is 19.3. The summed E-state index contributed by atoms with van der Waals surface area (Å²) >= 11 is 0. The summed E-state index contributed by atoms with van der Waals surface area (Å²) in [5.41, 5.74) is 0.349. The third-order valence-electron chi connectivity index (χ3n) is 3.66. The van der Waals surface area contributed by atoms with Crippen molar-refractivity contribution in [2.24, 2.45) is 11.8 Å². The Morgan fingerprint density at radius 1 is 1.15 bits per heavy atom. The normalized spacial score (nSPS) is 23.8. The van der Waals surface area contributed by atoms with Gasteiger partial charge in [-0.1, -0.05) is 13.8 Å².